The molecule has 3 nitrogen and oxygen atoms in total. The SMILES string of the molecule is CCCCNC(C)c1ccc(N2CCC(O)CC2)cc1. The van der Waals surface area contributed by atoms with Crippen molar-refractivity contribution in [3.05, 3.63) is 29.8 Å². The van der Waals surface area contributed by atoms with Crippen LogP contribution in [0.15, 0.2) is 24.3 Å². The number of benzene rings is 1. The Morgan fingerprint density at radius 2 is 1.90 bits per heavy atom. The number of unbranched alkanes of at least 4 members (excludes halogenated alkanes) is 1. The van der Waals surface area contributed by atoms with Crippen LogP contribution in [-0.2, 0) is 0 Å². The van der Waals surface area contributed by atoms with Gasteiger partial charge < -0.3 is 15.3 Å². The summed E-state index contributed by atoms with van der Waals surface area (Å²) in [7, 11) is 0. The van der Waals surface area contributed by atoms with E-state index in [-0.39, 0.29) is 6.10 Å². The molecular weight excluding hydrogens is 248 g/mol. The summed E-state index contributed by atoms with van der Waals surface area (Å²) in [6, 6.07) is 9.29. The van der Waals surface area contributed by atoms with Crippen LogP contribution in [0.25, 0.3) is 0 Å². The van der Waals surface area contributed by atoms with Crippen molar-refractivity contribution < 1.29 is 5.11 Å². The summed E-state index contributed by atoms with van der Waals surface area (Å²) in [5.74, 6) is 0. The maximum atomic E-state index is 9.56. The van der Waals surface area contributed by atoms with Crippen molar-refractivity contribution in [2.45, 2.75) is 51.7 Å². The lowest BCUT2D eigenvalue weighted by Crippen LogP contribution is -2.35. The molecule has 0 aromatic heterocycles. The Balaban J connectivity index is 1.89. The molecule has 1 aromatic carbocycles. The first-order valence-corrected chi connectivity index (χ1v) is 7.97. The van der Waals surface area contributed by atoms with Crippen LogP contribution in [0.2, 0.25) is 0 Å². The van der Waals surface area contributed by atoms with Gasteiger partial charge in [0.25, 0.3) is 0 Å². The van der Waals surface area contributed by atoms with E-state index in [9.17, 15) is 5.11 Å². The monoisotopic (exact) mass is 276 g/mol. The molecule has 0 spiro atoms. The Bertz CT molecular complexity index is 382. The molecule has 2 rings (SSSR count). The molecule has 0 aliphatic carbocycles. The number of aliphatic hydroxyl groups excluding tert-OH is 1. The van der Waals surface area contributed by atoms with Gasteiger partial charge >= 0.3 is 0 Å². The smallest absolute Gasteiger partial charge is 0.0574 e. The van der Waals surface area contributed by atoms with E-state index in [0.29, 0.717) is 6.04 Å². The molecule has 0 bridgehead atoms. The fourth-order valence-corrected chi connectivity index (χ4v) is 2.71. The van der Waals surface area contributed by atoms with Crippen LogP contribution in [0, 0.1) is 0 Å². The first kappa shape index (κ1) is 15.3. The molecule has 112 valence electrons. The van der Waals surface area contributed by atoms with E-state index in [4.69, 9.17) is 0 Å². The van der Waals surface area contributed by atoms with E-state index in [0.717, 1.165) is 32.5 Å². The fraction of sp³-hybridized carbons (Fsp3) is 0.647. The molecule has 1 fully saturated rings. The summed E-state index contributed by atoms with van der Waals surface area (Å²) >= 11 is 0. The largest absolute Gasteiger partial charge is 0.393 e. The van der Waals surface area contributed by atoms with Crippen molar-refractivity contribution >= 4 is 5.69 Å². The van der Waals surface area contributed by atoms with Gasteiger partial charge in [0.2, 0.25) is 0 Å². The Labute approximate surface area is 123 Å². The average molecular weight is 276 g/mol. The lowest BCUT2D eigenvalue weighted by atomic mass is 10.0. The summed E-state index contributed by atoms with van der Waals surface area (Å²) in [5.41, 5.74) is 2.63. The van der Waals surface area contributed by atoms with Gasteiger partial charge in [-0.05, 0) is 50.4 Å². The minimum atomic E-state index is -0.103. The predicted octanol–water partition coefficient (Wildman–Crippen LogP) is 3.10. The van der Waals surface area contributed by atoms with E-state index in [1.807, 2.05) is 0 Å². The lowest BCUT2D eigenvalue weighted by molar-refractivity contribution is 0.145. The first-order valence-electron chi connectivity index (χ1n) is 7.97. The van der Waals surface area contributed by atoms with Crippen LogP contribution in [0.4, 0.5) is 5.69 Å². The van der Waals surface area contributed by atoms with Crippen molar-refractivity contribution in [1.82, 2.24) is 5.32 Å². The molecule has 1 aromatic rings. The summed E-state index contributed by atoms with van der Waals surface area (Å²) in [6.45, 7) is 7.46. The van der Waals surface area contributed by atoms with Gasteiger partial charge in [0.1, 0.15) is 0 Å². The van der Waals surface area contributed by atoms with Crippen molar-refractivity contribution in [2.24, 2.45) is 0 Å². The van der Waals surface area contributed by atoms with E-state index in [2.05, 4.69) is 48.3 Å². The van der Waals surface area contributed by atoms with Gasteiger partial charge in [0, 0.05) is 24.8 Å². The zero-order valence-electron chi connectivity index (χ0n) is 12.8. The van der Waals surface area contributed by atoms with Gasteiger partial charge in [-0.25, -0.2) is 0 Å². The highest BCUT2D eigenvalue weighted by atomic mass is 16.3. The highest BCUT2D eigenvalue weighted by Gasteiger charge is 2.17. The van der Waals surface area contributed by atoms with Crippen LogP contribution >= 0.6 is 0 Å². The Morgan fingerprint density at radius 3 is 2.50 bits per heavy atom. The van der Waals surface area contributed by atoms with Crippen LogP contribution in [0.3, 0.4) is 0 Å². The van der Waals surface area contributed by atoms with E-state index in [1.54, 1.807) is 0 Å². The lowest BCUT2D eigenvalue weighted by Gasteiger charge is -2.31. The number of hydrogen-bond acceptors (Lipinski definition) is 3. The zero-order valence-corrected chi connectivity index (χ0v) is 12.8. The van der Waals surface area contributed by atoms with Gasteiger partial charge in [-0.15, -0.1) is 0 Å². The number of nitrogens with one attached hydrogen (secondary N) is 1. The molecule has 1 unspecified atom stereocenters. The van der Waals surface area contributed by atoms with Crippen LogP contribution in [0.1, 0.15) is 51.1 Å². The average Bonchev–Trinajstić information content (AvgIpc) is 2.48. The molecule has 0 amide bonds. The topological polar surface area (TPSA) is 35.5 Å². The van der Waals surface area contributed by atoms with Gasteiger partial charge in [-0.1, -0.05) is 25.5 Å². The third-order valence-corrected chi connectivity index (χ3v) is 4.20. The first-order chi connectivity index (χ1) is 9.70. The van der Waals surface area contributed by atoms with Crippen molar-refractivity contribution in [2.75, 3.05) is 24.5 Å². The molecule has 1 atom stereocenters. The molecule has 1 saturated heterocycles. The molecule has 1 aliphatic heterocycles. The standard InChI is InChI=1S/C17H28N2O/c1-3-4-11-18-14(2)15-5-7-16(8-6-15)19-12-9-17(20)10-13-19/h5-8,14,17-18,20H,3-4,9-13H2,1-2H3. The molecule has 20 heavy (non-hydrogen) atoms. The summed E-state index contributed by atoms with van der Waals surface area (Å²) < 4.78 is 0. The maximum Gasteiger partial charge on any atom is 0.0574 e. The normalized spacial score (nSPS) is 18.2. The van der Waals surface area contributed by atoms with Crippen molar-refractivity contribution in [1.29, 1.82) is 0 Å². The van der Waals surface area contributed by atoms with Gasteiger partial charge in [-0.3, -0.25) is 0 Å². The highest BCUT2D eigenvalue weighted by Crippen LogP contribution is 2.22. The number of nitrogens with zero attached hydrogens (tertiary/aromatic N) is 1. The minimum Gasteiger partial charge on any atom is -0.393 e. The molecule has 0 radical (unpaired) electrons. The van der Waals surface area contributed by atoms with Crippen molar-refractivity contribution in [3.63, 3.8) is 0 Å². The van der Waals surface area contributed by atoms with Gasteiger partial charge in [0.15, 0.2) is 0 Å². The third-order valence-electron chi connectivity index (χ3n) is 4.20. The predicted molar refractivity (Wildman–Crippen MR) is 85.2 cm³/mol. The number of rotatable bonds is 6. The van der Waals surface area contributed by atoms with Crippen LogP contribution in [0.5, 0.6) is 0 Å². The third kappa shape index (κ3) is 4.22. The molecular formula is C17H28N2O. The molecule has 1 heterocycles. The van der Waals surface area contributed by atoms with Gasteiger partial charge in [0.05, 0.1) is 6.10 Å². The number of aliphatic hydroxyl groups is 1. The number of piperidine rings is 1. The second-order valence-electron chi connectivity index (χ2n) is 5.84. The van der Waals surface area contributed by atoms with E-state index in [1.165, 1.54) is 24.1 Å². The quantitative estimate of drug-likeness (QED) is 0.784. The highest BCUT2D eigenvalue weighted by molar-refractivity contribution is 5.48. The number of hydrogen-bond donors (Lipinski definition) is 2. The Kier molecular flexibility index (Phi) is 5.86. The Hall–Kier alpha value is -1.06. The van der Waals surface area contributed by atoms with E-state index >= 15 is 0 Å². The van der Waals surface area contributed by atoms with Crippen LogP contribution in [-0.4, -0.2) is 30.8 Å². The second-order valence-corrected chi connectivity index (χ2v) is 5.84. The van der Waals surface area contributed by atoms with Crippen LogP contribution < -0.4 is 10.2 Å². The minimum absolute atomic E-state index is 0.103. The van der Waals surface area contributed by atoms with Gasteiger partial charge in [-0.2, -0.15) is 0 Å². The summed E-state index contributed by atoms with van der Waals surface area (Å²) in [6.07, 6.45) is 4.14. The summed E-state index contributed by atoms with van der Waals surface area (Å²) in [5, 5.41) is 13.1. The molecule has 1 aliphatic rings. The zero-order chi connectivity index (χ0) is 14.4. The molecule has 3 heteroatoms. The molecule has 2 N–H and O–H groups in total. The Morgan fingerprint density at radius 1 is 1.25 bits per heavy atom. The molecule has 0 saturated carbocycles. The summed E-state index contributed by atoms with van der Waals surface area (Å²) in [4.78, 5) is 2.37. The second kappa shape index (κ2) is 7.65. The fourth-order valence-electron chi connectivity index (χ4n) is 2.71. The van der Waals surface area contributed by atoms with Crippen molar-refractivity contribution in [3.8, 4) is 0 Å². The maximum absolute atomic E-state index is 9.56. The number of anilines is 1. The van der Waals surface area contributed by atoms with E-state index < -0.39 is 0 Å².